The van der Waals surface area contributed by atoms with Crippen LogP contribution in [0.2, 0.25) is 0 Å². The molecule has 2 amide bonds. The molecule has 3 N–H and O–H groups in total. The Kier molecular flexibility index (Phi) is 5.62. The highest BCUT2D eigenvalue weighted by Gasteiger charge is 2.37. The number of amides is 2. The number of carbonyl (C=O) groups is 1. The first kappa shape index (κ1) is 16.2. The molecule has 1 aliphatic carbocycles. The first-order valence-electron chi connectivity index (χ1n) is 7.14. The van der Waals surface area contributed by atoms with Crippen molar-refractivity contribution in [2.75, 3.05) is 20.2 Å². The van der Waals surface area contributed by atoms with Crippen molar-refractivity contribution in [1.29, 1.82) is 0 Å². The van der Waals surface area contributed by atoms with Gasteiger partial charge in [-0.25, -0.2) is 4.79 Å². The molecule has 0 heterocycles. The summed E-state index contributed by atoms with van der Waals surface area (Å²) in [5, 5.41) is 15.7. The highest BCUT2D eigenvalue weighted by atomic mass is 16.5. The maximum Gasteiger partial charge on any atom is 0.314 e. The maximum absolute atomic E-state index is 11.7. The number of methoxy groups -OCH3 is 1. The molecule has 0 aromatic carbocycles. The summed E-state index contributed by atoms with van der Waals surface area (Å²) in [7, 11) is 1.69. The van der Waals surface area contributed by atoms with Gasteiger partial charge in [-0.1, -0.05) is 20.3 Å². The van der Waals surface area contributed by atoms with E-state index in [9.17, 15) is 9.90 Å². The molecule has 1 fully saturated rings. The third kappa shape index (κ3) is 4.35. The Hall–Kier alpha value is -0.810. The zero-order chi connectivity index (χ0) is 14.5. The zero-order valence-corrected chi connectivity index (χ0v) is 12.6. The van der Waals surface area contributed by atoms with Crippen LogP contribution in [0, 0.1) is 5.92 Å². The minimum atomic E-state index is -0.874. The zero-order valence-electron chi connectivity index (χ0n) is 12.6. The lowest BCUT2D eigenvalue weighted by molar-refractivity contribution is -0.0675. The second kappa shape index (κ2) is 6.57. The SMILES string of the molecule is CCC(C)C(C)(O)CNC(=O)NCC1(OC)CCC1. The molecule has 1 saturated carbocycles. The lowest BCUT2D eigenvalue weighted by Crippen LogP contribution is -2.53. The van der Waals surface area contributed by atoms with Gasteiger partial charge in [0.1, 0.15) is 0 Å². The van der Waals surface area contributed by atoms with Crippen molar-refractivity contribution in [3.63, 3.8) is 0 Å². The van der Waals surface area contributed by atoms with Gasteiger partial charge < -0.3 is 20.5 Å². The van der Waals surface area contributed by atoms with E-state index >= 15 is 0 Å². The minimum Gasteiger partial charge on any atom is -0.388 e. The topological polar surface area (TPSA) is 70.6 Å². The normalized spacial score (nSPS) is 21.9. The average Bonchev–Trinajstić information content (AvgIpc) is 2.34. The highest BCUT2D eigenvalue weighted by molar-refractivity contribution is 5.74. The Morgan fingerprint density at radius 1 is 1.47 bits per heavy atom. The number of aliphatic hydroxyl groups is 1. The van der Waals surface area contributed by atoms with E-state index in [0.717, 1.165) is 25.7 Å². The summed E-state index contributed by atoms with van der Waals surface area (Å²) in [6.45, 7) is 6.55. The van der Waals surface area contributed by atoms with Crippen molar-refractivity contribution < 1.29 is 14.6 Å². The van der Waals surface area contributed by atoms with E-state index in [2.05, 4.69) is 10.6 Å². The number of urea groups is 1. The summed E-state index contributed by atoms with van der Waals surface area (Å²) in [5.41, 5.74) is -1.04. The molecule has 1 aliphatic rings. The summed E-state index contributed by atoms with van der Waals surface area (Å²) in [6, 6.07) is -0.244. The van der Waals surface area contributed by atoms with Crippen molar-refractivity contribution in [3.8, 4) is 0 Å². The van der Waals surface area contributed by atoms with Crippen LogP contribution in [0.4, 0.5) is 4.79 Å². The van der Waals surface area contributed by atoms with Gasteiger partial charge in [0.2, 0.25) is 0 Å². The number of hydrogen-bond donors (Lipinski definition) is 3. The molecule has 0 saturated heterocycles. The van der Waals surface area contributed by atoms with Crippen molar-refractivity contribution in [2.24, 2.45) is 5.92 Å². The first-order chi connectivity index (χ1) is 8.85. The van der Waals surface area contributed by atoms with Gasteiger partial charge in [-0.3, -0.25) is 0 Å². The number of carbonyl (C=O) groups excluding carboxylic acids is 1. The van der Waals surface area contributed by atoms with Gasteiger partial charge in [0.05, 0.1) is 11.2 Å². The molecule has 5 nitrogen and oxygen atoms in total. The fourth-order valence-corrected chi connectivity index (χ4v) is 2.20. The van der Waals surface area contributed by atoms with Crippen LogP contribution in [-0.2, 0) is 4.74 Å². The summed E-state index contributed by atoms with van der Waals surface area (Å²) in [5.74, 6) is 0.143. The quantitative estimate of drug-likeness (QED) is 0.660. The molecule has 5 heteroatoms. The monoisotopic (exact) mass is 272 g/mol. The van der Waals surface area contributed by atoms with E-state index in [1.54, 1.807) is 14.0 Å². The van der Waals surface area contributed by atoms with E-state index in [0.29, 0.717) is 6.54 Å². The fourth-order valence-electron chi connectivity index (χ4n) is 2.20. The van der Waals surface area contributed by atoms with Crippen LogP contribution >= 0.6 is 0 Å². The summed E-state index contributed by atoms with van der Waals surface area (Å²) >= 11 is 0. The number of hydrogen-bond acceptors (Lipinski definition) is 3. The van der Waals surface area contributed by atoms with Crippen LogP contribution < -0.4 is 10.6 Å². The fraction of sp³-hybridized carbons (Fsp3) is 0.929. The molecule has 0 aromatic heterocycles. The third-order valence-electron chi connectivity index (χ3n) is 4.55. The van der Waals surface area contributed by atoms with E-state index in [1.165, 1.54) is 0 Å². The van der Waals surface area contributed by atoms with Gasteiger partial charge in [-0.15, -0.1) is 0 Å². The van der Waals surface area contributed by atoms with Gasteiger partial charge in [-0.2, -0.15) is 0 Å². The Bertz CT molecular complexity index is 296. The smallest absolute Gasteiger partial charge is 0.314 e. The Balaban J connectivity index is 2.28. The van der Waals surface area contributed by atoms with Crippen LogP contribution in [-0.4, -0.2) is 42.5 Å². The average molecular weight is 272 g/mol. The molecule has 2 unspecified atom stereocenters. The minimum absolute atomic E-state index is 0.143. The molecule has 112 valence electrons. The van der Waals surface area contributed by atoms with Crippen molar-refractivity contribution in [3.05, 3.63) is 0 Å². The van der Waals surface area contributed by atoms with E-state index < -0.39 is 5.60 Å². The number of nitrogens with one attached hydrogen (secondary N) is 2. The van der Waals surface area contributed by atoms with Crippen LogP contribution in [0.5, 0.6) is 0 Å². The largest absolute Gasteiger partial charge is 0.388 e. The molecule has 0 aromatic rings. The second-order valence-corrected chi connectivity index (χ2v) is 5.94. The van der Waals surface area contributed by atoms with E-state index in [-0.39, 0.29) is 24.1 Å². The van der Waals surface area contributed by atoms with Crippen molar-refractivity contribution >= 4 is 6.03 Å². The Morgan fingerprint density at radius 2 is 2.11 bits per heavy atom. The molecular weight excluding hydrogens is 244 g/mol. The predicted octanol–water partition coefficient (Wildman–Crippen LogP) is 1.65. The predicted molar refractivity (Wildman–Crippen MR) is 75.1 cm³/mol. The maximum atomic E-state index is 11.7. The van der Waals surface area contributed by atoms with Gasteiger partial charge >= 0.3 is 6.03 Å². The van der Waals surface area contributed by atoms with Gasteiger partial charge in [-0.05, 0) is 32.1 Å². The lowest BCUT2D eigenvalue weighted by atomic mass is 9.80. The Labute approximate surface area is 116 Å². The van der Waals surface area contributed by atoms with Crippen LogP contribution in [0.3, 0.4) is 0 Å². The first-order valence-corrected chi connectivity index (χ1v) is 7.14. The molecule has 0 bridgehead atoms. The molecule has 0 spiro atoms. The second-order valence-electron chi connectivity index (χ2n) is 5.94. The molecule has 19 heavy (non-hydrogen) atoms. The van der Waals surface area contributed by atoms with E-state index in [1.807, 2.05) is 13.8 Å². The summed E-state index contributed by atoms with van der Waals surface area (Å²) in [6.07, 6.45) is 4.02. The molecule has 0 aliphatic heterocycles. The lowest BCUT2D eigenvalue weighted by Gasteiger charge is -2.40. The number of ether oxygens (including phenoxy) is 1. The van der Waals surface area contributed by atoms with Crippen molar-refractivity contribution in [1.82, 2.24) is 10.6 Å². The molecule has 0 radical (unpaired) electrons. The standard InChI is InChI=1S/C14H28N2O3/c1-5-11(2)13(3,18)9-15-12(17)16-10-14(19-4)7-6-8-14/h11,18H,5-10H2,1-4H3,(H2,15,16,17). The summed E-state index contributed by atoms with van der Waals surface area (Å²) in [4.78, 5) is 11.7. The molecule has 2 atom stereocenters. The van der Waals surface area contributed by atoms with Crippen molar-refractivity contribution in [2.45, 2.75) is 57.7 Å². The van der Waals surface area contributed by atoms with Gasteiger partial charge in [0.25, 0.3) is 0 Å². The van der Waals surface area contributed by atoms with Gasteiger partial charge in [0, 0.05) is 20.2 Å². The number of rotatable bonds is 7. The van der Waals surface area contributed by atoms with E-state index in [4.69, 9.17) is 4.74 Å². The van der Waals surface area contributed by atoms with Gasteiger partial charge in [0.15, 0.2) is 0 Å². The molecule has 1 rings (SSSR count). The molecular formula is C14H28N2O3. The van der Waals surface area contributed by atoms with Crippen LogP contribution in [0.15, 0.2) is 0 Å². The highest BCUT2D eigenvalue weighted by Crippen LogP contribution is 2.34. The summed E-state index contributed by atoms with van der Waals surface area (Å²) < 4.78 is 5.43. The van der Waals surface area contributed by atoms with Crippen LogP contribution in [0.1, 0.15) is 46.5 Å². The Morgan fingerprint density at radius 3 is 2.53 bits per heavy atom. The third-order valence-corrected chi connectivity index (χ3v) is 4.55. The van der Waals surface area contributed by atoms with Crippen LogP contribution in [0.25, 0.3) is 0 Å².